The Morgan fingerprint density at radius 3 is 2.48 bits per heavy atom. The molecule has 2 fully saturated rings. The molecular formula is C20H31N. The van der Waals surface area contributed by atoms with Crippen LogP contribution in [0.3, 0.4) is 0 Å². The number of rotatable bonds is 5. The van der Waals surface area contributed by atoms with E-state index >= 15 is 0 Å². The van der Waals surface area contributed by atoms with Gasteiger partial charge in [0.05, 0.1) is 0 Å². The van der Waals surface area contributed by atoms with Crippen molar-refractivity contribution in [2.24, 2.45) is 5.92 Å². The lowest BCUT2D eigenvalue weighted by Crippen LogP contribution is -2.46. The Balaban J connectivity index is 1.39. The number of nitrogens with one attached hydrogen (secondary N) is 1. The summed E-state index contributed by atoms with van der Waals surface area (Å²) in [6.07, 6.45) is 11.2. The van der Waals surface area contributed by atoms with Crippen molar-refractivity contribution >= 4 is 0 Å². The summed E-state index contributed by atoms with van der Waals surface area (Å²) < 4.78 is 0. The maximum Gasteiger partial charge on any atom is 0.00813 e. The number of hydrogen-bond acceptors (Lipinski definition) is 1. The van der Waals surface area contributed by atoms with E-state index in [9.17, 15) is 0 Å². The van der Waals surface area contributed by atoms with E-state index in [0.29, 0.717) is 0 Å². The molecule has 1 N–H and O–H groups in total. The van der Waals surface area contributed by atoms with E-state index in [1.807, 2.05) is 0 Å². The Morgan fingerprint density at radius 2 is 1.81 bits per heavy atom. The Bertz CT molecular complexity index is 439. The third kappa shape index (κ3) is 3.88. The fraction of sp³-hybridized carbons (Fsp3) is 0.700. The second kappa shape index (κ2) is 6.96. The minimum Gasteiger partial charge on any atom is -0.311 e. The number of hydrogen-bond donors (Lipinski definition) is 1. The average Bonchev–Trinajstić information content (AvgIpc) is 2.44. The Kier molecular flexibility index (Phi) is 5.00. The molecule has 21 heavy (non-hydrogen) atoms. The lowest BCUT2D eigenvalue weighted by atomic mass is 9.74. The normalized spacial score (nSPS) is 32.7. The highest BCUT2D eigenvalue weighted by atomic mass is 15.0. The summed E-state index contributed by atoms with van der Waals surface area (Å²) in [7, 11) is 0. The van der Waals surface area contributed by atoms with Gasteiger partial charge in [-0.25, -0.2) is 0 Å². The van der Waals surface area contributed by atoms with Gasteiger partial charge >= 0.3 is 0 Å². The number of aryl methyl sites for hydroxylation is 1. The maximum absolute atomic E-state index is 3.93. The van der Waals surface area contributed by atoms with E-state index in [-0.39, 0.29) is 0 Å². The molecule has 0 aromatic heterocycles. The Hall–Kier alpha value is -0.820. The second-order valence-electron chi connectivity index (χ2n) is 7.45. The molecule has 1 aromatic carbocycles. The molecule has 0 aliphatic heterocycles. The van der Waals surface area contributed by atoms with Crippen molar-refractivity contribution in [3.63, 3.8) is 0 Å². The Labute approximate surface area is 130 Å². The summed E-state index contributed by atoms with van der Waals surface area (Å²) in [5, 5.41) is 3.93. The zero-order chi connectivity index (χ0) is 14.7. The molecule has 0 saturated heterocycles. The van der Waals surface area contributed by atoms with Crippen LogP contribution in [0.4, 0.5) is 0 Å². The SMILES string of the molecule is CCCC1CCC(NC2CC(c3cccc(C)c3)C2)CC1. The van der Waals surface area contributed by atoms with Gasteiger partial charge < -0.3 is 5.32 Å². The molecule has 0 heterocycles. The predicted octanol–water partition coefficient (Wildman–Crippen LogP) is 5.19. The molecule has 0 bridgehead atoms. The molecule has 2 aliphatic carbocycles. The van der Waals surface area contributed by atoms with Gasteiger partial charge in [-0.15, -0.1) is 0 Å². The highest BCUT2D eigenvalue weighted by molar-refractivity contribution is 5.27. The lowest BCUT2D eigenvalue weighted by Gasteiger charge is -2.40. The third-order valence-electron chi connectivity index (χ3n) is 5.67. The van der Waals surface area contributed by atoms with Gasteiger partial charge in [-0.1, -0.05) is 49.6 Å². The van der Waals surface area contributed by atoms with E-state index in [2.05, 4.69) is 43.4 Å². The van der Waals surface area contributed by atoms with Crippen LogP contribution in [0.2, 0.25) is 0 Å². The monoisotopic (exact) mass is 285 g/mol. The first-order chi connectivity index (χ1) is 10.2. The molecule has 3 rings (SSSR count). The summed E-state index contributed by atoms with van der Waals surface area (Å²) >= 11 is 0. The molecule has 0 atom stereocenters. The molecule has 0 unspecified atom stereocenters. The van der Waals surface area contributed by atoms with Crippen molar-refractivity contribution in [3.05, 3.63) is 35.4 Å². The van der Waals surface area contributed by atoms with Gasteiger partial charge in [-0.2, -0.15) is 0 Å². The van der Waals surface area contributed by atoms with Crippen molar-refractivity contribution in [3.8, 4) is 0 Å². The van der Waals surface area contributed by atoms with E-state index in [0.717, 1.165) is 23.9 Å². The van der Waals surface area contributed by atoms with Crippen LogP contribution in [0.5, 0.6) is 0 Å². The zero-order valence-corrected chi connectivity index (χ0v) is 13.8. The van der Waals surface area contributed by atoms with Crippen molar-refractivity contribution in [2.45, 2.75) is 83.2 Å². The second-order valence-corrected chi connectivity index (χ2v) is 7.45. The lowest BCUT2D eigenvalue weighted by molar-refractivity contribution is 0.212. The Morgan fingerprint density at radius 1 is 1.05 bits per heavy atom. The molecule has 2 saturated carbocycles. The van der Waals surface area contributed by atoms with Crippen LogP contribution in [-0.4, -0.2) is 12.1 Å². The first kappa shape index (κ1) is 15.1. The van der Waals surface area contributed by atoms with Crippen LogP contribution in [-0.2, 0) is 0 Å². The highest BCUT2D eigenvalue weighted by Gasteiger charge is 2.32. The van der Waals surface area contributed by atoms with Crippen molar-refractivity contribution in [2.75, 3.05) is 0 Å². The van der Waals surface area contributed by atoms with E-state index < -0.39 is 0 Å². The molecule has 0 amide bonds. The number of benzene rings is 1. The van der Waals surface area contributed by atoms with E-state index in [4.69, 9.17) is 0 Å². The molecule has 0 spiro atoms. The molecule has 2 aliphatic rings. The van der Waals surface area contributed by atoms with E-state index in [1.54, 1.807) is 5.56 Å². The predicted molar refractivity (Wildman–Crippen MR) is 90.7 cm³/mol. The first-order valence-corrected chi connectivity index (χ1v) is 9.07. The van der Waals surface area contributed by atoms with Gasteiger partial charge in [-0.05, 0) is 62.8 Å². The molecule has 1 nitrogen and oxygen atoms in total. The minimum absolute atomic E-state index is 0.781. The van der Waals surface area contributed by atoms with Gasteiger partial charge in [0.1, 0.15) is 0 Å². The average molecular weight is 285 g/mol. The third-order valence-corrected chi connectivity index (χ3v) is 5.67. The minimum atomic E-state index is 0.781. The van der Waals surface area contributed by atoms with Crippen LogP contribution < -0.4 is 5.32 Å². The van der Waals surface area contributed by atoms with Gasteiger partial charge in [0.25, 0.3) is 0 Å². The molecule has 1 aromatic rings. The first-order valence-electron chi connectivity index (χ1n) is 9.07. The van der Waals surface area contributed by atoms with Crippen LogP contribution in [0.25, 0.3) is 0 Å². The van der Waals surface area contributed by atoms with Gasteiger partial charge in [0.2, 0.25) is 0 Å². The molecular weight excluding hydrogens is 254 g/mol. The smallest absolute Gasteiger partial charge is 0.00813 e. The fourth-order valence-electron chi connectivity index (χ4n) is 4.31. The fourth-order valence-corrected chi connectivity index (χ4v) is 4.31. The maximum atomic E-state index is 3.93. The van der Waals surface area contributed by atoms with Crippen LogP contribution in [0, 0.1) is 12.8 Å². The van der Waals surface area contributed by atoms with Gasteiger partial charge in [0, 0.05) is 12.1 Å². The zero-order valence-electron chi connectivity index (χ0n) is 13.8. The van der Waals surface area contributed by atoms with Crippen molar-refractivity contribution in [1.82, 2.24) is 5.32 Å². The van der Waals surface area contributed by atoms with Gasteiger partial charge in [0.15, 0.2) is 0 Å². The summed E-state index contributed by atoms with van der Waals surface area (Å²) in [5.74, 6) is 1.83. The summed E-state index contributed by atoms with van der Waals surface area (Å²) in [6, 6.07) is 10.7. The standard InChI is InChI=1S/C20H31N/c1-3-5-16-8-10-19(11-9-16)21-20-13-18(14-20)17-7-4-6-15(2)12-17/h4,6-7,12,16,18-21H,3,5,8-11,13-14H2,1-2H3. The van der Waals surface area contributed by atoms with Crippen molar-refractivity contribution < 1.29 is 0 Å². The quantitative estimate of drug-likeness (QED) is 0.785. The molecule has 0 radical (unpaired) electrons. The van der Waals surface area contributed by atoms with Crippen LogP contribution in [0.1, 0.15) is 75.3 Å². The van der Waals surface area contributed by atoms with Crippen LogP contribution >= 0.6 is 0 Å². The highest BCUT2D eigenvalue weighted by Crippen LogP contribution is 2.38. The largest absolute Gasteiger partial charge is 0.311 e. The summed E-state index contributed by atoms with van der Waals surface area (Å²) in [4.78, 5) is 0. The summed E-state index contributed by atoms with van der Waals surface area (Å²) in [6.45, 7) is 4.52. The van der Waals surface area contributed by atoms with Gasteiger partial charge in [-0.3, -0.25) is 0 Å². The molecule has 1 heteroatoms. The van der Waals surface area contributed by atoms with Crippen molar-refractivity contribution in [1.29, 1.82) is 0 Å². The topological polar surface area (TPSA) is 12.0 Å². The molecule has 116 valence electrons. The van der Waals surface area contributed by atoms with Crippen LogP contribution in [0.15, 0.2) is 24.3 Å². The summed E-state index contributed by atoms with van der Waals surface area (Å²) in [5.41, 5.74) is 2.96. The van der Waals surface area contributed by atoms with E-state index in [1.165, 1.54) is 56.9 Å².